The molecule has 21 heavy (non-hydrogen) atoms. The predicted octanol–water partition coefficient (Wildman–Crippen LogP) is 1.25. The third kappa shape index (κ3) is 4.53. The molecule has 3 N–H and O–H groups in total. The SMILES string of the molecule is CC1CCCC(NS(=O)(=O)c2cncc(C#CCN)c2)C1. The molecule has 1 aromatic rings. The maximum absolute atomic E-state index is 12.4. The average Bonchev–Trinajstić information content (AvgIpc) is 2.45. The van der Waals surface area contributed by atoms with Gasteiger partial charge in [0.1, 0.15) is 4.90 Å². The lowest BCUT2D eigenvalue weighted by molar-refractivity contribution is 0.327. The summed E-state index contributed by atoms with van der Waals surface area (Å²) in [5.74, 6) is 6.05. The van der Waals surface area contributed by atoms with Crippen molar-refractivity contribution < 1.29 is 8.42 Å². The van der Waals surface area contributed by atoms with Gasteiger partial charge in [-0.25, -0.2) is 13.1 Å². The summed E-state index contributed by atoms with van der Waals surface area (Å²) in [6.07, 6.45) is 6.90. The number of hydrogen-bond acceptors (Lipinski definition) is 4. The van der Waals surface area contributed by atoms with E-state index < -0.39 is 10.0 Å². The van der Waals surface area contributed by atoms with Crippen molar-refractivity contribution in [2.24, 2.45) is 11.7 Å². The molecule has 5 nitrogen and oxygen atoms in total. The van der Waals surface area contributed by atoms with Gasteiger partial charge in [-0.15, -0.1) is 0 Å². The van der Waals surface area contributed by atoms with Crippen molar-refractivity contribution in [1.82, 2.24) is 9.71 Å². The number of rotatable bonds is 3. The number of nitrogens with zero attached hydrogens (tertiary/aromatic N) is 1. The van der Waals surface area contributed by atoms with Crippen LogP contribution in [-0.4, -0.2) is 26.0 Å². The molecule has 2 rings (SSSR count). The number of aromatic nitrogens is 1. The van der Waals surface area contributed by atoms with Gasteiger partial charge in [-0.3, -0.25) is 4.98 Å². The van der Waals surface area contributed by atoms with Gasteiger partial charge >= 0.3 is 0 Å². The Morgan fingerprint density at radius 2 is 2.24 bits per heavy atom. The van der Waals surface area contributed by atoms with Crippen molar-refractivity contribution in [3.63, 3.8) is 0 Å². The van der Waals surface area contributed by atoms with E-state index in [1.807, 2.05) is 0 Å². The van der Waals surface area contributed by atoms with Crippen molar-refractivity contribution in [2.75, 3.05) is 6.54 Å². The molecule has 0 radical (unpaired) electrons. The highest BCUT2D eigenvalue weighted by atomic mass is 32.2. The largest absolute Gasteiger partial charge is 0.320 e. The maximum Gasteiger partial charge on any atom is 0.242 e. The van der Waals surface area contributed by atoms with Gasteiger partial charge in [-0.1, -0.05) is 31.6 Å². The minimum absolute atomic E-state index is 0.0116. The number of nitrogens with one attached hydrogen (secondary N) is 1. The van der Waals surface area contributed by atoms with Crippen LogP contribution < -0.4 is 10.5 Å². The first-order valence-corrected chi connectivity index (χ1v) is 8.66. The van der Waals surface area contributed by atoms with Crippen LogP contribution >= 0.6 is 0 Å². The van der Waals surface area contributed by atoms with Crippen molar-refractivity contribution in [3.05, 3.63) is 24.0 Å². The number of hydrogen-bond donors (Lipinski definition) is 2. The highest BCUT2D eigenvalue weighted by Gasteiger charge is 2.24. The van der Waals surface area contributed by atoms with Gasteiger partial charge in [0.2, 0.25) is 10.0 Å². The Bertz CT molecular complexity index is 646. The van der Waals surface area contributed by atoms with Gasteiger partial charge in [-0.2, -0.15) is 0 Å². The zero-order valence-corrected chi connectivity index (χ0v) is 13.0. The zero-order valence-electron chi connectivity index (χ0n) is 12.2. The van der Waals surface area contributed by atoms with Crippen LogP contribution in [-0.2, 0) is 10.0 Å². The lowest BCUT2D eigenvalue weighted by atomic mass is 9.88. The Morgan fingerprint density at radius 1 is 1.43 bits per heavy atom. The summed E-state index contributed by atoms with van der Waals surface area (Å²) in [7, 11) is -3.54. The Labute approximate surface area is 126 Å². The van der Waals surface area contributed by atoms with Crippen molar-refractivity contribution >= 4 is 10.0 Å². The molecule has 1 aliphatic rings. The van der Waals surface area contributed by atoms with Crippen LogP contribution in [0.1, 0.15) is 38.2 Å². The molecule has 1 fully saturated rings. The van der Waals surface area contributed by atoms with Crippen LogP contribution in [0.4, 0.5) is 0 Å². The van der Waals surface area contributed by atoms with E-state index in [-0.39, 0.29) is 17.5 Å². The minimum Gasteiger partial charge on any atom is -0.320 e. The molecule has 0 bridgehead atoms. The molecule has 0 amide bonds. The molecule has 0 aliphatic heterocycles. The summed E-state index contributed by atoms with van der Waals surface area (Å²) in [6.45, 7) is 2.39. The van der Waals surface area contributed by atoms with Crippen molar-refractivity contribution in [3.8, 4) is 11.8 Å². The first kappa shape index (κ1) is 16.0. The summed E-state index contributed by atoms with van der Waals surface area (Å²) < 4.78 is 27.6. The van der Waals surface area contributed by atoms with E-state index in [0.29, 0.717) is 11.5 Å². The molecule has 6 heteroatoms. The maximum atomic E-state index is 12.4. The lowest BCUT2D eigenvalue weighted by Crippen LogP contribution is -2.38. The Balaban J connectivity index is 2.15. The van der Waals surface area contributed by atoms with Crippen molar-refractivity contribution in [1.29, 1.82) is 0 Å². The van der Waals surface area contributed by atoms with Crippen LogP contribution in [0.2, 0.25) is 0 Å². The lowest BCUT2D eigenvalue weighted by Gasteiger charge is -2.27. The van der Waals surface area contributed by atoms with Gasteiger partial charge in [0.05, 0.1) is 6.54 Å². The number of sulfonamides is 1. The van der Waals surface area contributed by atoms with Gasteiger partial charge in [0, 0.05) is 24.0 Å². The first-order chi connectivity index (χ1) is 10.0. The molecular formula is C15H21N3O2S. The van der Waals surface area contributed by atoms with Crippen LogP contribution in [0.15, 0.2) is 23.4 Å². The number of pyridine rings is 1. The molecule has 1 saturated carbocycles. The summed E-state index contributed by atoms with van der Waals surface area (Å²) in [5, 5.41) is 0. The fraction of sp³-hybridized carbons (Fsp3) is 0.533. The molecule has 0 saturated heterocycles. The Kier molecular flexibility index (Phi) is 5.34. The summed E-state index contributed by atoms with van der Waals surface area (Å²) in [5.41, 5.74) is 5.87. The normalized spacial score (nSPS) is 22.4. The molecule has 2 unspecified atom stereocenters. The Morgan fingerprint density at radius 3 is 2.95 bits per heavy atom. The molecule has 0 spiro atoms. The van der Waals surface area contributed by atoms with Crippen LogP contribution in [0, 0.1) is 17.8 Å². The van der Waals surface area contributed by atoms with Crippen LogP contribution in [0.5, 0.6) is 0 Å². The number of nitrogens with two attached hydrogens (primary N) is 1. The molecular weight excluding hydrogens is 286 g/mol. The van der Waals surface area contributed by atoms with E-state index in [0.717, 1.165) is 19.3 Å². The molecule has 114 valence electrons. The van der Waals surface area contributed by atoms with Crippen molar-refractivity contribution in [2.45, 2.75) is 43.5 Å². The Hall–Kier alpha value is -1.42. The molecule has 0 aromatic carbocycles. The summed E-state index contributed by atoms with van der Waals surface area (Å²) in [6, 6.07) is 1.54. The standard InChI is InChI=1S/C15H21N3O2S/c1-12-4-2-6-14(8-12)18-21(19,20)15-9-13(5-3-7-16)10-17-11-15/h9-12,14,18H,2,4,6-8,16H2,1H3. The highest BCUT2D eigenvalue weighted by Crippen LogP contribution is 2.24. The second-order valence-corrected chi connectivity index (χ2v) is 7.22. The zero-order chi connectivity index (χ0) is 15.3. The first-order valence-electron chi connectivity index (χ1n) is 7.17. The average molecular weight is 307 g/mol. The van der Waals surface area contributed by atoms with Gasteiger partial charge < -0.3 is 5.73 Å². The predicted molar refractivity (Wildman–Crippen MR) is 81.9 cm³/mol. The van der Waals surface area contributed by atoms with Gasteiger partial charge in [0.15, 0.2) is 0 Å². The monoisotopic (exact) mass is 307 g/mol. The second kappa shape index (κ2) is 7.03. The highest BCUT2D eigenvalue weighted by molar-refractivity contribution is 7.89. The van der Waals surface area contributed by atoms with Gasteiger partial charge in [0.25, 0.3) is 0 Å². The fourth-order valence-electron chi connectivity index (χ4n) is 2.62. The summed E-state index contributed by atoms with van der Waals surface area (Å²) >= 11 is 0. The van der Waals surface area contributed by atoms with Crippen LogP contribution in [0.3, 0.4) is 0 Å². The van der Waals surface area contributed by atoms with Gasteiger partial charge in [-0.05, 0) is 24.8 Å². The smallest absolute Gasteiger partial charge is 0.242 e. The molecule has 2 atom stereocenters. The van der Waals surface area contributed by atoms with E-state index in [1.165, 1.54) is 24.9 Å². The molecule has 1 heterocycles. The second-order valence-electron chi connectivity index (χ2n) is 5.51. The summed E-state index contributed by atoms with van der Waals surface area (Å²) in [4.78, 5) is 4.11. The fourth-order valence-corrected chi connectivity index (χ4v) is 3.89. The molecule has 1 aliphatic carbocycles. The quantitative estimate of drug-likeness (QED) is 0.823. The van der Waals surface area contributed by atoms with E-state index >= 15 is 0 Å². The topological polar surface area (TPSA) is 85.1 Å². The van der Waals surface area contributed by atoms with E-state index in [4.69, 9.17) is 5.73 Å². The van der Waals surface area contributed by atoms with E-state index in [9.17, 15) is 8.42 Å². The van der Waals surface area contributed by atoms with E-state index in [1.54, 1.807) is 0 Å². The molecule has 1 aromatic heterocycles. The third-order valence-electron chi connectivity index (χ3n) is 3.62. The van der Waals surface area contributed by atoms with Crippen LogP contribution in [0.25, 0.3) is 0 Å². The minimum atomic E-state index is -3.54. The van der Waals surface area contributed by atoms with E-state index in [2.05, 4.69) is 28.5 Å². The third-order valence-corrected chi connectivity index (χ3v) is 5.10.